The molecular weight excluding hydrogens is 194 g/mol. The number of Topliss-reactive ketones (excluding diaryl/α,β-unsaturated/α-hetero) is 1. The van der Waals surface area contributed by atoms with Crippen molar-refractivity contribution >= 4 is 11.7 Å². The fourth-order valence-corrected chi connectivity index (χ4v) is 1.16. The van der Waals surface area contributed by atoms with Crippen molar-refractivity contribution < 1.29 is 9.59 Å². The molecule has 1 heterocycles. The van der Waals surface area contributed by atoms with Gasteiger partial charge in [0.2, 0.25) is 5.78 Å². The quantitative estimate of drug-likeness (QED) is 0.560. The van der Waals surface area contributed by atoms with Crippen LogP contribution < -0.4 is 5.32 Å². The second-order valence-corrected chi connectivity index (χ2v) is 3.39. The van der Waals surface area contributed by atoms with Gasteiger partial charge in [-0.25, -0.2) is 0 Å². The molecule has 5 heteroatoms. The molecule has 0 unspecified atom stereocenters. The Labute approximate surface area is 88.5 Å². The summed E-state index contributed by atoms with van der Waals surface area (Å²) < 4.78 is 1.81. The number of carbonyl (C=O) groups excluding carboxylic acids is 2. The first kappa shape index (κ1) is 11.4. The van der Waals surface area contributed by atoms with E-state index in [0.29, 0.717) is 6.54 Å². The Hall–Kier alpha value is -1.65. The molecule has 0 radical (unpaired) electrons. The van der Waals surface area contributed by atoms with Gasteiger partial charge in [0.15, 0.2) is 0 Å². The second kappa shape index (κ2) is 5.29. The summed E-state index contributed by atoms with van der Waals surface area (Å²) in [6, 6.07) is 1.92. The monoisotopic (exact) mass is 209 g/mol. The minimum atomic E-state index is -0.522. The molecule has 0 fully saturated rings. The maximum absolute atomic E-state index is 10.9. The van der Waals surface area contributed by atoms with Gasteiger partial charge in [0, 0.05) is 26.2 Å². The van der Waals surface area contributed by atoms with Gasteiger partial charge in [-0.05, 0) is 19.4 Å². The highest BCUT2D eigenvalue weighted by Gasteiger charge is 2.04. The predicted molar refractivity (Wildman–Crippen MR) is 55.3 cm³/mol. The highest BCUT2D eigenvalue weighted by atomic mass is 16.2. The summed E-state index contributed by atoms with van der Waals surface area (Å²) in [5.74, 6) is -0.975. The smallest absolute Gasteiger partial charge is 0.287 e. The van der Waals surface area contributed by atoms with Gasteiger partial charge in [-0.3, -0.25) is 14.3 Å². The number of aryl methyl sites for hydroxylation is 2. The molecule has 0 aromatic carbocycles. The number of aromatic nitrogens is 2. The number of amides is 1. The van der Waals surface area contributed by atoms with Crippen LogP contribution in [0.5, 0.6) is 0 Å². The minimum Gasteiger partial charge on any atom is -0.349 e. The standard InChI is InChI=1S/C10H15N3O2/c1-8-4-7-13(12-8)6-3-5-11-10(15)9(2)14/h4,7H,3,5-6H2,1-2H3,(H,11,15). The third-order valence-corrected chi connectivity index (χ3v) is 1.94. The SMILES string of the molecule is CC(=O)C(=O)NCCCn1ccc(C)n1. The summed E-state index contributed by atoms with van der Waals surface area (Å²) in [6.07, 6.45) is 2.66. The lowest BCUT2D eigenvalue weighted by atomic mass is 10.4. The van der Waals surface area contributed by atoms with E-state index in [1.807, 2.05) is 23.9 Å². The van der Waals surface area contributed by atoms with Crippen molar-refractivity contribution in [1.29, 1.82) is 0 Å². The van der Waals surface area contributed by atoms with Crippen molar-refractivity contribution in [1.82, 2.24) is 15.1 Å². The summed E-state index contributed by atoms with van der Waals surface area (Å²) >= 11 is 0. The molecule has 0 saturated carbocycles. The van der Waals surface area contributed by atoms with E-state index in [4.69, 9.17) is 0 Å². The number of nitrogens with one attached hydrogen (secondary N) is 1. The van der Waals surface area contributed by atoms with Gasteiger partial charge >= 0.3 is 0 Å². The van der Waals surface area contributed by atoms with Gasteiger partial charge in [-0.2, -0.15) is 5.10 Å². The van der Waals surface area contributed by atoms with Crippen LogP contribution in [0, 0.1) is 6.92 Å². The maximum Gasteiger partial charge on any atom is 0.287 e. The van der Waals surface area contributed by atoms with Gasteiger partial charge in [0.1, 0.15) is 0 Å². The topological polar surface area (TPSA) is 64.0 Å². The molecule has 1 aromatic rings. The largest absolute Gasteiger partial charge is 0.349 e. The summed E-state index contributed by atoms with van der Waals surface area (Å²) in [5, 5.41) is 6.73. The lowest BCUT2D eigenvalue weighted by Gasteiger charge is -2.02. The van der Waals surface area contributed by atoms with E-state index in [-0.39, 0.29) is 0 Å². The third kappa shape index (κ3) is 3.93. The Kier molecular flexibility index (Phi) is 4.03. The second-order valence-electron chi connectivity index (χ2n) is 3.39. The minimum absolute atomic E-state index is 0.454. The predicted octanol–water partition coefficient (Wildman–Crippen LogP) is 0.287. The van der Waals surface area contributed by atoms with Crippen molar-refractivity contribution in [2.24, 2.45) is 0 Å². The number of hydrogen-bond acceptors (Lipinski definition) is 3. The molecule has 0 bridgehead atoms. The first-order chi connectivity index (χ1) is 7.09. The first-order valence-electron chi connectivity index (χ1n) is 4.88. The maximum atomic E-state index is 10.9. The number of rotatable bonds is 5. The Bertz CT molecular complexity index is 357. The molecule has 0 aliphatic heterocycles. The highest BCUT2D eigenvalue weighted by molar-refractivity contribution is 6.35. The van der Waals surface area contributed by atoms with Crippen molar-refractivity contribution in [3.05, 3.63) is 18.0 Å². The zero-order valence-corrected chi connectivity index (χ0v) is 8.99. The molecular formula is C10H15N3O2. The van der Waals surface area contributed by atoms with Gasteiger partial charge in [-0.1, -0.05) is 0 Å². The van der Waals surface area contributed by atoms with E-state index < -0.39 is 11.7 Å². The van der Waals surface area contributed by atoms with Crippen molar-refractivity contribution in [2.45, 2.75) is 26.8 Å². The van der Waals surface area contributed by atoms with Crippen LogP contribution in [0.15, 0.2) is 12.3 Å². The fourth-order valence-electron chi connectivity index (χ4n) is 1.16. The van der Waals surface area contributed by atoms with Crippen LogP contribution in [0.2, 0.25) is 0 Å². The van der Waals surface area contributed by atoms with Crippen LogP contribution in [-0.2, 0) is 16.1 Å². The lowest BCUT2D eigenvalue weighted by molar-refractivity contribution is -0.136. The highest BCUT2D eigenvalue weighted by Crippen LogP contribution is 1.93. The number of carbonyl (C=O) groups is 2. The molecule has 0 atom stereocenters. The van der Waals surface area contributed by atoms with E-state index in [1.165, 1.54) is 6.92 Å². The fraction of sp³-hybridized carbons (Fsp3) is 0.500. The zero-order valence-electron chi connectivity index (χ0n) is 8.99. The van der Waals surface area contributed by atoms with Crippen LogP contribution in [0.3, 0.4) is 0 Å². The molecule has 0 saturated heterocycles. The van der Waals surface area contributed by atoms with Crippen LogP contribution >= 0.6 is 0 Å². The average molecular weight is 209 g/mol. The Morgan fingerprint density at radius 2 is 2.27 bits per heavy atom. The normalized spacial score (nSPS) is 10.0. The number of hydrogen-bond donors (Lipinski definition) is 1. The lowest BCUT2D eigenvalue weighted by Crippen LogP contribution is -2.30. The Balaban J connectivity index is 2.17. The van der Waals surface area contributed by atoms with E-state index in [1.54, 1.807) is 0 Å². The van der Waals surface area contributed by atoms with Crippen LogP contribution in [-0.4, -0.2) is 28.0 Å². The first-order valence-corrected chi connectivity index (χ1v) is 4.88. The Morgan fingerprint density at radius 1 is 1.53 bits per heavy atom. The summed E-state index contributed by atoms with van der Waals surface area (Å²) in [6.45, 7) is 4.42. The van der Waals surface area contributed by atoms with Gasteiger partial charge in [-0.15, -0.1) is 0 Å². The molecule has 1 N–H and O–H groups in total. The molecule has 0 aliphatic rings. The summed E-state index contributed by atoms with van der Waals surface area (Å²) in [7, 11) is 0. The van der Waals surface area contributed by atoms with Crippen molar-refractivity contribution in [3.8, 4) is 0 Å². The van der Waals surface area contributed by atoms with Crippen LogP contribution in [0.4, 0.5) is 0 Å². The summed E-state index contributed by atoms with van der Waals surface area (Å²) in [4.78, 5) is 21.5. The molecule has 0 aliphatic carbocycles. The average Bonchev–Trinajstić information content (AvgIpc) is 2.58. The van der Waals surface area contributed by atoms with Crippen LogP contribution in [0.1, 0.15) is 19.0 Å². The molecule has 1 amide bonds. The number of nitrogens with zero attached hydrogens (tertiary/aromatic N) is 2. The molecule has 1 rings (SSSR count). The van der Waals surface area contributed by atoms with E-state index >= 15 is 0 Å². The molecule has 15 heavy (non-hydrogen) atoms. The van der Waals surface area contributed by atoms with E-state index in [2.05, 4.69) is 10.4 Å². The van der Waals surface area contributed by atoms with Gasteiger partial charge in [0.05, 0.1) is 5.69 Å². The van der Waals surface area contributed by atoms with Crippen molar-refractivity contribution in [3.63, 3.8) is 0 Å². The van der Waals surface area contributed by atoms with Crippen molar-refractivity contribution in [2.75, 3.05) is 6.54 Å². The van der Waals surface area contributed by atoms with Crippen LogP contribution in [0.25, 0.3) is 0 Å². The third-order valence-electron chi connectivity index (χ3n) is 1.94. The molecule has 82 valence electrons. The molecule has 5 nitrogen and oxygen atoms in total. The van der Waals surface area contributed by atoms with E-state index in [0.717, 1.165) is 18.7 Å². The number of ketones is 1. The Morgan fingerprint density at radius 3 is 2.80 bits per heavy atom. The molecule has 1 aromatic heterocycles. The van der Waals surface area contributed by atoms with Gasteiger partial charge < -0.3 is 5.32 Å². The van der Waals surface area contributed by atoms with E-state index in [9.17, 15) is 9.59 Å². The van der Waals surface area contributed by atoms with Gasteiger partial charge in [0.25, 0.3) is 5.91 Å². The zero-order chi connectivity index (χ0) is 11.3. The summed E-state index contributed by atoms with van der Waals surface area (Å²) in [5.41, 5.74) is 0.975. The molecule has 0 spiro atoms.